The van der Waals surface area contributed by atoms with Crippen molar-refractivity contribution < 1.29 is 14.7 Å². The van der Waals surface area contributed by atoms with Crippen molar-refractivity contribution in [3.05, 3.63) is 0 Å². The van der Waals surface area contributed by atoms with Gasteiger partial charge in [-0.3, -0.25) is 14.5 Å². The lowest BCUT2D eigenvalue weighted by Crippen LogP contribution is -2.46. The number of hydrogen-bond acceptors (Lipinski definition) is 3. The number of rotatable bonds is 4. The fraction of sp³-hybridized carbons (Fsp3) is 0.857. The molecule has 1 heterocycles. The third-order valence-corrected chi connectivity index (χ3v) is 4.38. The molecule has 0 radical (unpaired) electrons. The van der Waals surface area contributed by atoms with E-state index in [4.69, 9.17) is 5.11 Å². The van der Waals surface area contributed by atoms with Gasteiger partial charge >= 0.3 is 5.97 Å². The van der Waals surface area contributed by atoms with Gasteiger partial charge in [-0.1, -0.05) is 6.92 Å². The summed E-state index contributed by atoms with van der Waals surface area (Å²) in [4.78, 5) is 24.8. The zero-order chi connectivity index (χ0) is 13.8. The zero-order valence-electron chi connectivity index (χ0n) is 11.6. The zero-order valence-corrected chi connectivity index (χ0v) is 11.6. The van der Waals surface area contributed by atoms with Crippen LogP contribution in [0.4, 0.5) is 0 Å². The number of aliphatic carboxylic acids is 1. The van der Waals surface area contributed by atoms with Crippen LogP contribution in [0.15, 0.2) is 0 Å². The Labute approximate surface area is 114 Å². The van der Waals surface area contributed by atoms with Crippen molar-refractivity contribution in [3.8, 4) is 0 Å². The fourth-order valence-corrected chi connectivity index (χ4v) is 3.16. The molecule has 2 aliphatic rings. The predicted octanol–water partition coefficient (Wildman–Crippen LogP) is 1.23. The van der Waals surface area contributed by atoms with E-state index in [0.29, 0.717) is 13.0 Å². The number of hydrogen-bond donors (Lipinski definition) is 2. The molecule has 1 saturated heterocycles. The lowest BCUT2D eigenvalue weighted by Gasteiger charge is -2.28. The minimum atomic E-state index is -0.809. The molecule has 1 aliphatic heterocycles. The van der Waals surface area contributed by atoms with Gasteiger partial charge in [0.2, 0.25) is 5.91 Å². The Morgan fingerprint density at radius 2 is 1.89 bits per heavy atom. The quantitative estimate of drug-likeness (QED) is 0.804. The Kier molecular flexibility index (Phi) is 4.80. The minimum absolute atomic E-state index is 0.0206. The van der Waals surface area contributed by atoms with Crippen molar-refractivity contribution in [2.24, 2.45) is 5.92 Å². The molecule has 1 atom stereocenters. The molecule has 19 heavy (non-hydrogen) atoms. The van der Waals surface area contributed by atoms with Gasteiger partial charge in [-0.15, -0.1) is 0 Å². The van der Waals surface area contributed by atoms with E-state index in [-0.39, 0.29) is 18.5 Å². The van der Waals surface area contributed by atoms with Crippen molar-refractivity contribution in [2.45, 2.75) is 57.5 Å². The Bertz CT molecular complexity index is 338. The first-order valence-corrected chi connectivity index (χ1v) is 7.32. The molecule has 2 N–H and O–H groups in total. The summed E-state index contributed by atoms with van der Waals surface area (Å²) in [5, 5.41) is 12.1. The molecule has 1 saturated carbocycles. The van der Waals surface area contributed by atoms with Crippen LogP contribution in [-0.4, -0.2) is 47.1 Å². The van der Waals surface area contributed by atoms with Gasteiger partial charge in [-0.2, -0.15) is 0 Å². The van der Waals surface area contributed by atoms with Crippen molar-refractivity contribution in [3.63, 3.8) is 0 Å². The summed E-state index contributed by atoms with van der Waals surface area (Å²) in [6.45, 7) is 3.19. The van der Waals surface area contributed by atoms with Gasteiger partial charge in [0.05, 0.1) is 6.54 Å². The highest BCUT2D eigenvalue weighted by atomic mass is 16.4. The minimum Gasteiger partial charge on any atom is -0.480 e. The summed E-state index contributed by atoms with van der Waals surface area (Å²) < 4.78 is 0. The topological polar surface area (TPSA) is 69.6 Å². The molecule has 1 unspecified atom stereocenters. The summed E-state index contributed by atoms with van der Waals surface area (Å²) in [6, 6.07) is -0.188. The average Bonchev–Trinajstić information content (AvgIpc) is 2.80. The number of carbonyl (C=O) groups is 2. The lowest BCUT2D eigenvalue weighted by molar-refractivity contribution is -0.142. The van der Waals surface area contributed by atoms with Crippen molar-refractivity contribution >= 4 is 11.9 Å². The number of carboxylic acids is 1. The first kappa shape index (κ1) is 14.3. The molecule has 1 aliphatic carbocycles. The van der Waals surface area contributed by atoms with E-state index >= 15 is 0 Å². The molecule has 5 nitrogen and oxygen atoms in total. The third-order valence-electron chi connectivity index (χ3n) is 4.38. The second-order valence-corrected chi connectivity index (χ2v) is 5.99. The van der Waals surface area contributed by atoms with Gasteiger partial charge in [-0.25, -0.2) is 0 Å². The van der Waals surface area contributed by atoms with Crippen LogP contribution in [0.3, 0.4) is 0 Å². The maximum absolute atomic E-state index is 12.0. The van der Waals surface area contributed by atoms with Crippen molar-refractivity contribution in [2.75, 3.05) is 13.1 Å². The van der Waals surface area contributed by atoms with Crippen LogP contribution in [0, 0.1) is 5.92 Å². The summed E-state index contributed by atoms with van der Waals surface area (Å²) in [5.41, 5.74) is 0. The molecular weight excluding hydrogens is 244 g/mol. The SMILES string of the molecule is CC1CCC(NC(=O)CN2CCCC2C(=O)O)CC1. The molecule has 108 valence electrons. The molecule has 2 rings (SSSR count). The Balaban J connectivity index is 1.76. The van der Waals surface area contributed by atoms with E-state index in [1.165, 1.54) is 12.8 Å². The molecule has 0 spiro atoms. The number of nitrogens with one attached hydrogen (secondary N) is 1. The van der Waals surface area contributed by atoms with Gasteiger partial charge in [0, 0.05) is 6.04 Å². The first-order valence-electron chi connectivity index (χ1n) is 7.32. The molecule has 0 aromatic rings. The van der Waals surface area contributed by atoms with E-state index in [0.717, 1.165) is 25.2 Å². The summed E-state index contributed by atoms with van der Waals surface area (Å²) in [5.74, 6) is -0.0624. The maximum Gasteiger partial charge on any atom is 0.320 e. The Morgan fingerprint density at radius 3 is 2.53 bits per heavy atom. The van der Waals surface area contributed by atoms with Gasteiger partial charge in [-0.05, 0) is 51.0 Å². The summed E-state index contributed by atoms with van der Waals surface area (Å²) in [7, 11) is 0. The predicted molar refractivity (Wildman–Crippen MR) is 71.8 cm³/mol. The van der Waals surface area contributed by atoms with Crippen LogP contribution in [0.25, 0.3) is 0 Å². The molecule has 2 fully saturated rings. The highest BCUT2D eigenvalue weighted by Gasteiger charge is 2.32. The van der Waals surface area contributed by atoms with E-state index in [1.807, 2.05) is 0 Å². The smallest absolute Gasteiger partial charge is 0.320 e. The second kappa shape index (κ2) is 6.37. The van der Waals surface area contributed by atoms with Gasteiger partial charge < -0.3 is 10.4 Å². The van der Waals surface area contributed by atoms with Crippen molar-refractivity contribution in [1.82, 2.24) is 10.2 Å². The molecule has 0 bridgehead atoms. The summed E-state index contributed by atoms with van der Waals surface area (Å²) in [6.07, 6.45) is 5.97. The third kappa shape index (κ3) is 3.93. The van der Waals surface area contributed by atoms with E-state index in [2.05, 4.69) is 12.2 Å². The molecule has 0 aromatic heterocycles. The van der Waals surface area contributed by atoms with Crippen LogP contribution in [0.1, 0.15) is 45.4 Å². The number of carbonyl (C=O) groups excluding carboxylic acids is 1. The van der Waals surface area contributed by atoms with E-state index in [9.17, 15) is 9.59 Å². The number of amides is 1. The number of nitrogens with zero attached hydrogens (tertiary/aromatic N) is 1. The molecule has 0 aromatic carbocycles. The van der Waals surface area contributed by atoms with E-state index < -0.39 is 12.0 Å². The molecule has 1 amide bonds. The standard InChI is InChI=1S/C14H24N2O3/c1-10-4-6-11(7-5-10)15-13(17)9-16-8-2-3-12(16)14(18)19/h10-12H,2-9H2,1H3,(H,15,17)(H,18,19). The van der Waals surface area contributed by atoms with Crippen LogP contribution >= 0.6 is 0 Å². The van der Waals surface area contributed by atoms with Crippen molar-refractivity contribution in [1.29, 1.82) is 0 Å². The van der Waals surface area contributed by atoms with Gasteiger partial charge in [0.25, 0.3) is 0 Å². The fourth-order valence-electron chi connectivity index (χ4n) is 3.16. The Hall–Kier alpha value is -1.10. The van der Waals surface area contributed by atoms with E-state index in [1.54, 1.807) is 4.90 Å². The highest BCUT2D eigenvalue weighted by Crippen LogP contribution is 2.23. The number of carboxylic acid groups (broad SMARTS) is 1. The first-order chi connectivity index (χ1) is 9.06. The average molecular weight is 268 g/mol. The molecular formula is C14H24N2O3. The largest absolute Gasteiger partial charge is 0.480 e. The van der Waals surface area contributed by atoms with Gasteiger partial charge in [0.15, 0.2) is 0 Å². The summed E-state index contributed by atoms with van der Waals surface area (Å²) >= 11 is 0. The maximum atomic E-state index is 12.0. The van der Waals surface area contributed by atoms with Crippen LogP contribution < -0.4 is 5.32 Å². The second-order valence-electron chi connectivity index (χ2n) is 5.99. The normalized spacial score (nSPS) is 32.2. The highest BCUT2D eigenvalue weighted by molar-refractivity contribution is 5.80. The van der Waals surface area contributed by atoms with Crippen LogP contribution in [0.2, 0.25) is 0 Å². The van der Waals surface area contributed by atoms with Crippen LogP contribution in [-0.2, 0) is 9.59 Å². The number of likely N-dealkylation sites (tertiary alicyclic amines) is 1. The lowest BCUT2D eigenvalue weighted by atomic mass is 9.87. The monoisotopic (exact) mass is 268 g/mol. The molecule has 5 heteroatoms. The van der Waals surface area contributed by atoms with Crippen LogP contribution in [0.5, 0.6) is 0 Å². The van der Waals surface area contributed by atoms with Gasteiger partial charge in [0.1, 0.15) is 6.04 Å². The Morgan fingerprint density at radius 1 is 1.21 bits per heavy atom.